The highest BCUT2D eigenvalue weighted by molar-refractivity contribution is 6.31. The Bertz CT molecular complexity index is 3270. The highest BCUT2D eigenvalue weighted by Crippen LogP contribution is 2.39. The molecular formula is C73H113ClF3N13O13. The predicted octanol–water partition coefficient (Wildman–Crippen LogP) is 4.95. The summed E-state index contributed by atoms with van der Waals surface area (Å²) in [5.41, 5.74) is -2.63. The van der Waals surface area contributed by atoms with E-state index in [9.17, 15) is 51.5 Å². The van der Waals surface area contributed by atoms with Gasteiger partial charge in [0.05, 0.1) is 30.0 Å². The lowest BCUT2D eigenvalue weighted by molar-refractivity contribution is -0.160. The molecule has 10 atom stereocenters. The van der Waals surface area contributed by atoms with Crippen LogP contribution >= 0.6 is 11.6 Å². The van der Waals surface area contributed by atoms with E-state index in [4.69, 9.17) is 11.6 Å². The first kappa shape index (κ1) is 84.3. The highest BCUT2D eigenvalue weighted by atomic mass is 35.5. The van der Waals surface area contributed by atoms with Crippen LogP contribution in [0.25, 0.3) is 0 Å². The average Bonchev–Trinajstić information content (AvgIpc) is 1.43. The molecule has 0 radical (unpaired) electrons. The molecular weight excluding hydrogens is 1360 g/mol. The molecule has 0 bridgehead atoms. The zero-order chi connectivity index (χ0) is 77.0. The second-order valence-electron chi connectivity index (χ2n) is 30.4. The van der Waals surface area contributed by atoms with Gasteiger partial charge in [-0.1, -0.05) is 110 Å². The molecule has 3 aliphatic carbocycles. The van der Waals surface area contributed by atoms with Gasteiger partial charge in [0.15, 0.2) is 0 Å². The van der Waals surface area contributed by atoms with Gasteiger partial charge in [-0.05, 0) is 106 Å². The molecule has 576 valence electrons. The van der Waals surface area contributed by atoms with Gasteiger partial charge < -0.3 is 64.9 Å². The van der Waals surface area contributed by atoms with E-state index >= 15 is 24.0 Å². The molecule has 3 saturated carbocycles. The summed E-state index contributed by atoms with van der Waals surface area (Å²) in [7, 11) is 15.4. The van der Waals surface area contributed by atoms with Crippen molar-refractivity contribution in [2.75, 3.05) is 90.6 Å². The Kier molecular flexibility index (Phi) is 29.8. The van der Waals surface area contributed by atoms with Crippen molar-refractivity contribution in [1.29, 1.82) is 0 Å². The summed E-state index contributed by atoms with van der Waals surface area (Å²) in [6, 6.07) is -8.92. The van der Waals surface area contributed by atoms with Crippen LogP contribution in [0.15, 0.2) is 18.2 Å². The number of hydrogen-bond acceptors (Lipinski definition) is 13. The Morgan fingerprint density at radius 1 is 0.660 bits per heavy atom. The van der Waals surface area contributed by atoms with Crippen molar-refractivity contribution in [3.8, 4) is 0 Å². The van der Waals surface area contributed by atoms with Crippen LogP contribution in [-0.2, 0) is 74.9 Å². The number of alkyl halides is 3. The van der Waals surface area contributed by atoms with E-state index in [-0.39, 0.29) is 68.9 Å². The minimum absolute atomic E-state index is 0.0141. The van der Waals surface area contributed by atoms with Gasteiger partial charge in [0.25, 0.3) is 0 Å². The first-order valence-corrected chi connectivity index (χ1v) is 36.9. The number of aryl methyl sites for hydroxylation is 1. The maximum atomic E-state index is 15.7. The summed E-state index contributed by atoms with van der Waals surface area (Å²) in [4.78, 5) is 206. The molecule has 3 N–H and O–H groups in total. The van der Waals surface area contributed by atoms with Crippen LogP contribution in [0, 0.1) is 23.7 Å². The van der Waals surface area contributed by atoms with Crippen LogP contribution in [0.4, 0.5) is 13.2 Å². The van der Waals surface area contributed by atoms with E-state index in [1.807, 2.05) is 20.8 Å². The first-order chi connectivity index (χ1) is 48.2. The quantitative estimate of drug-likeness (QED) is 0.236. The molecule has 2 aliphatic heterocycles. The van der Waals surface area contributed by atoms with E-state index in [1.54, 1.807) is 6.92 Å². The van der Waals surface area contributed by atoms with Gasteiger partial charge in [-0.3, -0.25) is 62.3 Å². The molecule has 103 heavy (non-hydrogen) atoms. The molecule has 1 aromatic carbocycles. The lowest BCUT2D eigenvalue weighted by Crippen LogP contribution is -2.65. The Morgan fingerprint density at radius 3 is 1.81 bits per heavy atom. The van der Waals surface area contributed by atoms with Gasteiger partial charge in [-0.2, -0.15) is 13.2 Å². The summed E-state index contributed by atoms with van der Waals surface area (Å²) in [5.74, 6) is -10.5. The molecule has 0 unspecified atom stereocenters. The third-order valence-electron chi connectivity index (χ3n) is 22.3. The van der Waals surface area contributed by atoms with E-state index in [2.05, 4.69) is 16.0 Å². The molecule has 1 aromatic rings. The van der Waals surface area contributed by atoms with Gasteiger partial charge in [0.1, 0.15) is 59.9 Å². The number of likely N-dealkylation sites (N-methyl/N-ethyl adjacent to an activating group) is 8. The summed E-state index contributed by atoms with van der Waals surface area (Å²) in [5, 5.41) is 7.91. The Morgan fingerprint density at radius 2 is 1.26 bits per heavy atom. The second-order valence-corrected chi connectivity index (χ2v) is 30.8. The molecule has 26 nitrogen and oxygen atoms in total. The summed E-state index contributed by atoms with van der Waals surface area (Å²) in [6.07, 6.45) is 1.81. The molecule has 0 aromatic heterocycles. The Hall–Kier alpha value is -7.59. The molecule has 13 amide bonds. The molecule has 5 fully saturated rings. The van der Waals surface area contributed by atoms with E-state index in [0.717, 1.165) is 65.0 Å². The Labute approximate surface area is 610 Å². The lowest BCUT2D eigenvalue weighted by Gasteiger charge is -2.45. The van der Waals surface area contributed by atoms with Crippen molar-refractivity contribution in [1.82, 2.24) is 64.9 Å². The number of nitrogens with zero attached hydrogens (tertiary/aromatic N) is 10. The number of fused-ring (bicyclic) bond motifs is 1. The molecule has 1 spiro atoms. The van der Waals surface area contributed by atoms with Crippen molar-refractivity contribution in [3.05, 3.63) is 34.3 Å². The number of carbonyl (C=O) groups is 13. The monoisotopic (exact) mass is 1470 g/mol. The zero-order valence-electron chi connectivity index (χ0n) is 63.3. The second kappa shape index (κ2) is 36.4. The van der Waals surface area contributed by atoms with Crippen molar-refractivity contribution in [3.63, 3.8) is 0 Å². The number of amides is 13. The Balaban J connectivity index is 1.48. The van der Waals surface area contributed by atoms with Crippen molar-refractivity contribution in [2.24, 2.45) is 23.7 Å². The van der Waals surface area contributed by atoms with Crippen LogP contribution in [0.3, 0.4) is 0 Å². The SMILES string of the molecule is CC[C@H](C)[C@@H]1NC(=O)[C@H](CC(C)C)N(C)C(=O)C[C@@H](C(=O)N(C)C)N(C)C(=O)[C@H](C2CCCC2)N(C)C(=O)C2(CCCC2)NC(=O)[C@H](CC(=O)N(C)C)N(C)C(=O)[C@H](CCc2ccc(C(F)(F)F)c(Cl)c2)NC(=O)CN(C)C(=O)[C@H](CC2CCCCC2)N(C)C(=O)[C@@H]2CCN2C(=O)[C@H](C)N(C)C1=O. The molecule has 2 saturated heterocycles. The molecule has 6 rings (SSSR count). The first-order valence-electron chi connectivity index (χ1n) is 36.5. The number of carbonyl (C=O) groups excluding carboxylic acids is 13. The fraction of sp³-hybridized carbons (Fsp3) is 0.740. The minimum atomic E-state index is -4.80. The number of halogens is 4. The maximum absolute atomic E-state index is 15.7. The normalized spacial score (nSPS) is 26.7. The third-order valence-corrected chi connectivity index (χ3v) is 22.6. The molecule has 30 heteroatoms. The maximum Gasteiger partial charge on any atom is 0.417 e. The summed E-state index contributed by atoms with van der Waals surface area (Å²) >= 11 is 6.17. The molecule has 5 aliphatic rings. The van der Waals surface area contributed by atoms with Gasteiger partial charge in [0, 0.05) is 84.1 Å². The zero-order valence-corrected chi connectivity index (χ0v) is 64.0. The van der Waals surface area contributed by atoms with Gasteiger partial charge in [-0.15, -0.1) is 0 Å². The van der Waals surface area contributed by atoms with Gasteiger partial charge >= 0.3 is 6.18 Å². The summed E-state index contributed by atoms with van der Waals surface area (Å²) < 4.78 is 41.8. The topological polar surface area (TPSA) is 290 Å². The largest absolute Gasteiger partial charge is 0.417 e. The average molecular weight is 1470 g/mol. The van der Waals surface area contributed by atoms with Crippen molar-refractivity contribution in [2.45, 2.75) is 236 Å². The van der Waals surface area contributed by atoms with Crippen molar-refractivity contribution < 1.29 is 75.5 Å². The van der Waals surface area contributed by atoms with Crippen LogP contribution in [0.2, 0.25) is 5.02 Å². The van der Waals surface area contributed by atoms with E-state index in [0.29, 0.717) is 44.9 Å². The van der Waals surface area contributed by atoms with Gasteiger partial charge in [0.2, 0.25) is 76.8 Å². The number of hydrogen-bond donors (Lipinski definition) is 3. The number of nitrogens with one attached hydrogen (secondary N) is 3. The molecule has 2 heterocycles. The third kappa shape index (κ3) is 20.5. The standard InChI is InChI=1S/C73H113ClF3N13O13/c1-17-44(4)60-69(101)84(11)45(5)64(96)90-36-33-52(90)68(100)87(14)55(39-46-25-19-18-20-26-46)67(99)83(10)42-57(91)78-51(32-30-47-29-31-49(50(74)38-47)73(75,76)77)65(97)86(13)54(40-58(92)81(6)7)63(95)80-72(34-23-24-35-72)71(103)89(16)61(48-27-21-22-28-48)70(102)88(15)56(66(98)82(8)9)41-59(93)85(12)53(37-43(2)3)62(94)79-60/h29,31,38,43-46,48,51-56,60-61H,17-28,30,32-37,39-42H2,1-16H3,(H,78,91)(H,79,94)(H,80,95)/t44-,45-,51-,52-,53-,54-,55-,56-,60-,61-/m0/s1. The fourth-order valence-corrected chi connectivity index (χ4v) is 15.5. The lowest BCUT2D eigenvalue weighted by atomic mass is 9.84. The number of rotatable bonds is 13. The van der Waals surface area contributed by atoms with Crippen LogP contribution in [0.1, 0.15) is 174 Å². The van der Waals surface area contributed by atoms with E-state index in [1.165, 1.54) is 119 Å². The predicted molar refractivity (Wildman–Crippen MR) is 379 cm³/mol. The van der Waals surface area contributed by atoms with Crippen LogP contribution in [0.5, 0.6) is 0 Å². The smallest absolute Gasteiger partial charge is 0.349 e. The van der Waals surface area contributed by atoms with Crippen molar-refractivity contribution >= 4 is 88.4 Å². The highest BCUT2D eigenvalue weighted by Gasteiger charge is 2.52. The van der Waals surface area contributed by atoms with E-state index < -0.39 is 185 Å². The fourth-order valence-electron chi connectivity index (χ4n) is 15.2. The minimum Gasteiger partial charge on any atom is -0.349 e. The van der Waals surface area contributed by atoms with Crippen LogP contribution < -0.4 is 16.0 Å². The van der Waals surface area contributed by atoms with Gasteiger partial charge in [-0.25, -0.2) is 0 Å². The van der Waals surface area contributed by atoms with Crippen LogP contribution in [-0.4, -0.2) is 276 Å². The summed E-state index contributed by atoms with van der Waals surface area (Å²) in [6.45, 7) is 8.21. The number of benzene rings is 1.